The number of amides is 1. The summed E-state index contributed by atoms with van der Waals surface area (Å²) in [5, 5.41) is 11.9. The van der Waals surface area contributed by atoms with Crippen molar-refractivity contribution in [3.63, 3.8) is 0 Å². The molecule has 2 rings (SSSR count). The fraction of sp³-hybridized carbons (Fsp3) is 0.429. The van der Waals surface area contributed by atoms with Crippen molar-refractivity contribution in [2.45, 2.75) is 25.3 Å². The van der Waals surface area contributed by atoms with Crippen molar-refractivity contribution in [3.8, 4) is 11.8 Å². The predicted molar refractivity (Wildman–Crippen MR) is 71.7 cm³/mol. The molecule has 1 aliphatic carbocycles. The Morgan fingerprint density at radius 3 is 2.89 bits per heavy atom. The monoisotopic (exact) mass is 259 g/mol. The minimum atomic E-state index is -0.0889. The number of ether oxygens (including phenoxy) is 1. The molecule has 1 saturated carbocycles. The summed E-state index contributed by atoms with van der Waals surface area (Å²) in [6.45, 7) is 0. The second-order valence-corrected chi connectivity index (χ2v) is 4.75. The molecular formula is C14H17N3O2. The Morgan fingerprint density at radius 1 is 1.53 bits per heavy atom. The average Bonchev–Trinajstić information content (AvgIpc) is 2.85. The number of carbonyl (C=O) groups is 1. The fourth-order valence-corrected chi connectivity index (χ4v) is 2.40. The number of hydrogen-bond acceptors (Lipinski definition) is 4. The smallest absolute Gasteiger partial charge is 0.227 e. The molecule has 0 radical (unpaired) electrons. The summed E-state index contributed by atoms with van der Waals surface area (Å²) >= 11 is 0. The van der Waals surface area contributed by atoms with Crippen LogP contribution in [0.4, 0.5) is 5.69 Å². The van der Waals surface area contributed by atoms with Crippen LogP contribution in [0.25, 0.3) is 0 Å². The molecule has 1 amide bonds. The van der Waals surface area contributed by atoms with Crippen LogP contribution in [0.15, 0.2) is 18.2 Å². The van der Waals surface area contributed by atoms with Crippen molar-refractivity contribution in [2.75, 3.05) is 12.4 Å². The van der Waals surface area contributed by atoms with Gasteiger partial charge < -0.3 is 15.8 Å². The normalized spacial score (nSPS) is 21.7. The Hall–Kier alpha value is -2.06. The van der Waals surface area contributed by atoms with Crippen LogP contribution in [0.2, 0.25) is 0 Å². The molecule has 100 valence electrons. The number of hydrogen-bond donors (Lipinski definition) is 2. The third-order valence-corrected chi connectivity index (χ3v) is 3.46. The molecule has 0 saturated heterocycles. The van der Waals surface area contributed by atoms with Crippen LogP contribution < -0.4 is 15.8 Å². The van der Waals surface area contributed by atoms with Crippen molar-refractivity contribution in [3.05, 3.63) is 23.8 Å². The van der Waals surface area contributed by atoms with Crippen LogP contribution in [0.1, 0.15) is 24.8 Å². The Bertz CT molecular complexity index is 522. The van der Waals surface area contributed by atoms with Gasteiger partial charge in [0, 0.05) is 12.0 Å². The number of rotatable bonds is 3. The van der Waals surface area contributed by atoms with Gasteiger partial charge in [0.2, 0.25) is 5.91 Å². The van der Waals surface area contributed by atoms with Gasteiger partial charge in [-0.25, -0.2) is 0 Å². The molecule has 0 heterocycles. The maximum absolute atomic E-state index is 12.2. The lowest BCUT2D eigenvalue weighted by molar-refractivity contribution is -0.119. The van der Waals surface area contributed by atoms with E-state index >= 15 is 0 Å². The van der Waals surface area contributed by atoms with Gasteiger partial charge in [-0.1, -0.05) is 6.07 Å². The number of nitrogens with two attached hydrogens (primary N) is 1. The standard InChI is InChI=1S/C14H17N3O2/c1-19-12-4-2-3-10(8-15)13(12)17-14(18)9-5-6-11(16)7-9/h2-4,9,11H,5-7,16H2,1H3,(H,17,18). The van der Waals surface area contributed by atoms with E-state index in [1.165, 1.54) is 7.11 Å². The molecule has 5 nitrogen and oxygen atoms in total. The minimum Gasteiger partial charge on any atom is -0.495 e. The largest absolute Gasteiger partial charge is 0.495 e. The maximum Gasteiger partial charge on any atom is 0.227 e. The molecule has 0 aliphatic heterocycles. The third kappa shape index (κ3) is 2.85. The molecular weight excluding hydrogens is 242 g/mol. The molecule has 0 aromatic heterocycles. The first-order valence-electron chi connectivity index (χ1n) is 6.29. The van der Waals surface area contributed by atoms with Crippen LogP contribution in [0, 0.1) is 17.2 Å². The molecule has 1 fully saturated rings. The molecule has 19 heavy (non-hydrogen) atoms. The lowest BCUT2D eigenvalue weighted by atomic mass is 10.1. The highest BCUT2D eigenvalue weighted by atomic mass is 16.5. The first-order valence-corrected chi connectivity index (χ1v) is 6.29. The summed E-state index contributed by atoms with van der Waals surface area (Å²) in [6, 6.07) is 7.25. The Morgan fingerprint density at radius 2 is 2.32 bits per heavy atom. The SMILES string of the molecule is COc1cccc(C#N)c1NC(=O)C1CCC(N)C1. The van der Waals surface area contributed by atoms with Crippen LogP contribution >= 0.6 is 0 Å². The van der Waals surface area contributed by atoms with Gasteiger partial charge in [-0.2, -0.15) is 5.26 Å². The van der Waals surface area contributed by atoms with Crippen molar-refractivity contribution >= 4 is 11.6 Å². The zero-order valence-corrected chi connectivity index (χ0v) is 10.8. The van der Waals surface area contributed by atoms with E-state index in [1.807, 2.05) is 0 Å². The number of nitriles is 1. The Kier molecular flexibility index (Phi) is 4.03. The van der Waals surface area contributed by atoms with Gasteiger partial charge >= 0.3 is 0 Å². The maximum atomic E-state index is 12.2. The molecule has 1 aromatic carbocycles. The number of anilines is 1. The molecule has 1 aromatic rings. The lowest BCUT2D eigenvalue weighted by Gasteiger charge is -2.14. The quantitative estimate of drug-likeness (QED) is 0.863. The summed E-state index contributed by atoms with van der Waals surface area (Å²) in [4.78, 5) is 12.2. The van der Waals surface area contributed by atoms with E-state index < -0.39 is 0 Å². The molecule has 2 unspecified atom stereocenters. The van der Waals surface area contributed by atoms with E-state index in [0.29, 0.717) is 23.4 Å². The van der Waals surface area contributed by atoms with Crippen LogP contribution in [-0.4, -0.2) is 19.1 Å². The summed E-state index contributed by atoms with van der Waals surface area (Å²) in [5.74, 6) is 0.329. The number of para-hydroxylation sites is 1. The molecule has 5 heteroatoms. The van der Waals surface area contributed by atoms with Crippen LogP contribution in [0.3, 0.4) is 0 Å². The third-order valence-electron chi connectivity index (χ3n) is 3.46. The summed E-state index contributed by atoms with van der Waals surface area (Å²) in [7, 11) is 1.51. The van der Waals surface area contributed by atoms with Gasteiger partial charge in [0.25, 0.3) is 0 Å². The first-order chi connectivity index (χ1) is 9.15. The molecule has 0 spiro atoms. The zero-order valence-electron chi connectivity index (χ0n) is 10.8. The zero-order chi connectivity index (χ0) is 13.8. The molecule has 1 aliphatic rings. The second kappa shape index (κ2) is 5.72. The van der Waals surface area contributed by atoms with Gasteiger partial charge in [-0.3, -0.25) is 4.79 Å². The van der Waals surface area contributed by atoms with Crippen molar-refractivity contribution < 1.29 is 9.53 Å². The van der Waals surface area contributed by atoms with Gasteiger partial charge in [0.15, 0.2) is 0 Å². The van der Waals surface area contributed by atoms with Gasteiger partial charge in [-0.05, 0) is 31.4 Å². The minimum absolute atomic E-state index is 0.0774. The lowest BCUT2D eigenvalue weighted by Crippen LogP contribution is -2.23. The number of nitrogens with one attached hydrogen (secondary N) is 1. The van der Waals surface area contributed by atoms with E-state index in [-0.39, 0.29) is 17.9 Å². The van der Waals surface area contributed by atoms with Gasteiger partial charge in [0.1, 0.15) is 17.5 Å². The summed E-state index contributed by atoms with van der Waals surface area (Å²) in [6.07, 6.45) is 2.36. The number of methoxy groups -OCH3 is 1. The topological polar surface area (TPSA) is 88.1 Å². The summed E-state index contributed by atoms with van der Waals surface area (Å²) < 4.78 is 5.18. The predicted octanol–water partition coefficient (Wildman–Crippen LogP) is 1.63. The Balaban J connectivity index is 2.19. The van der Waals surface area contributed by atoms with Crippen LogP contribution in [-0.2, 0) is 4.79 Å². The van der Waals surface area contributed by atoms with E-state index in [1.54, 1.807) is 18.2 Å². The van der Waals surface area contributed by atoms with E-state index in [9.17, 15) is 4.79 Å². The highest BCUT2D eigenvalue weighted by molar-refractivity contribution is 5.95. The molecule has 3 N–H and O–H groups in total. The number of nitrogens with zero attached hydrogens (tertiary/aromatic N) is 1. The van der Waals surface area contributed by atoms with E-state index in [0.717, 1.165) is 12.8 Å². The summed E-state index contributed by atoms with van der Waals surface area (Å²) in [5.41, 5.74) is 6.65. The van der Waals surface area contributed by atoms with Crippen molar-refractivity contribution in [1.29, 1.82) is 5.26 Å². The average molecular weight is 259 g/mol. The molecule has 0 bridgehead atoms. The van der Waals surface area contributed by atoms with Crippen molar-refractivity contribution in [1.82, 2.24) is 0 Å². The highest BCUT2D eigenvalue weighted by Crippen LogP contribution is 2.31. The van der Waals surface area contributed by atoms with Gasteiger partial charge in [0.05, 0.1) is 12.7 Å². The molecule has 2 atom stereocenters. The fourth-order valence-electron chi connectivity index (χ4n) is 2.40. The van der Waals surface area contributed by atoms with Crippen LogP contribution in [0.5, 0.6) is 5.75 Å². The van der Waals surface area contributed by atoms with E-state index in [2.05, 4.69) is 11.4 Å². The number of benzene rings is 1. The Labute approximate surface area is 112 Å². The number of carbonyl (C=O) groups excluding carboxylic acids is 1. The highest BCUT2D eigenvalue weighted by Gasteiger charge is 2.28. The van der Waals surface area contributed by atoms with Crippen molar-refractivity contribution in [2.24, 2.45) is 11.7 Å². The van der Waals surface area contributed by atoms with E-state index in [4.69, 9.17) is 15.7 Å². The second-order valence-electron chi connectivity index (χ2n) is 4.75. The van der Waals surface area contributed by atoms with Gasteiger partial charge in [-0.15, -0.1) is 0 Å². The first kappa shape index (κ1) is 13.4.